The molecule has 0 atom stereocenters. The molecule has 160 valence electrons. The molecule has 9 heteroatoms. The average molecular weight is 422 g/mol. The van der Waals surface area contributed by atoms with Crippen LogP contribution in [0.2, 0.25) is 0 Å². The zero-order chi connectivity index (χ0) is 21.7. The van der Waals surface area contributed by atoms with Crippen molar-refractivity contribution in [3.63, 3.8) is 0 Å². The van der Waals surface area contributed by atoms with Crippen LogP contribution in [0.25, 0.3) is 0 Å². The molecule has 2 aromatic carbocycles. The van der Waals surface area contributed by atoms with Crippen LogP contribution in [-0.2, 0) is 15.7 Å². The van der Waals surface area contributed by atoms with Gasteiger partial charge in [-0.15, -0.1) is 0 Å². The molecule has 0 saturated carbocycles. The Morgan fingerprint density at radius 2 is 1.67 bits per heavy atom. The van der Waals surface area contributed by atoms with Crippen molar-refractivity contribution in [3.05, 3.63) is 59.7 Å². The summed E-state index contributed by atoms with van der Waals surface area (Å²) >= 11 is 0. The van der Waals surface area contributed by atoms with Gasteiger partial charge in [0.15, 0.2) is 6.61 Å². The van der Waals surface area contributed by atoms with Gasteiger partial charge >= 0.3 is 12.1 Å². The first-order valence-electron chi connectivity index (χ1n) is 9.29. The molecular weight excluding hydrogens is 401 g/mol. The summed E-state index contributed by atoms with van der Waals surface area (Å²) in [4.78, 5) is 28.0. The maximum absolute atomic E-state index is 12.8. The Kier molecular flexibility index (Phi) is 6.49. The molecular formula is C21H21F3N2O4. The van der Waals surface area contributed by atoms with E-state index in [1.54, 1.807) is 12.0 Å². The third-order valence-electron chi connectivity index (χ3n) is 4.82. The molecule has 1 fully saturated rings. The van der Waals surface area contributed by atoms with Crippen LogP contribution in [0.1, 0.15) is 15.9 Å². The van der Waals surface area contributed by atoms with Crippen LogP contribution in [0.5, 0.6) is 5.75 Å². The fourth-order valence-corrected chi connectivity index (χ4v) is 3.13. The second kappa shape index (κ2) is 9.06. The molecule has 0 N–H and O–H groups in total. The zero-order valence-corrected chi connectivity index (χ0v) is 16.3. The van der Waals surface area contributed by atoms with E-state index in [4.69, 9.17) is 9.47 Å². The van der Waals surface area contributed by atoms with Gasteiger partial charge in [0.1, 0.15) is 5.75 Å². The number of ether oxygens (including phenoxy) is 2. The lowest BCUT2D eigenvalue weighted by atomic mass is 10.1. The lowest BCUT2D eigenvalue weighted by Gasteiger charge is -2.36. The lowest BCUT2D eigenvalue weighted by Crippen LogP contribution is -2.49. The van der Waals surface area contributed by atoms with Crippen LogP contribution in [0, 0.1) is 0 Å². The van der Waals surface area contributed by atoms with Gasteiger partial charge in [-0.2, -0.15) is 13.2 Å². The minimum Gasteiger partial charge on any atom is -0.497 e. The van der Waals surface area contributed by atoms with Gasteiger partial charge in [0, 0.05) is 31.9 Å². The molecule has 30 heavy (non-hydrogen) atoms. The summed E-state index contributed by atoms with van der Waals surface area (Å²) < 4.78 is 48.3. The third kappa shape index (κ3) is 5.22. The van der Waals surface area contributed by atoms with E-state index in [-0.39, 0.29) is 11.5 Å². The molecule has 1 amide bonds. The standard InChI is InChI=1S/C21H21F3N2O4/c1-29-18-7-5-17(6-8-18)25-9-11-26(12-10-25)19(27)14-30-20(28)15-3-2-4-16(13-15)21(22,23)24/h2-8,13H,9-12,14H2,1H3. The number of piperazine rings is 1. The van der Waals surface area contributed by atoms with E-state index in [9.17, 15) is 22.8 Å². The molecule has 0 unspecified atom stereocenters. The lowest BCUT2D eigenvalue weighted by molar-refractivity contribution is -0.138. The number of alkyl halides is 3. The van der Waals surface area contributed by atoms with Gasteiger partial charge in [0.2, 0.25) is 0 Å². The summed E-state index contributed by atoms with van der Waals surface area (Å²) in [6.07, 6.45) is -4.56. The monoisotopic (exact) mass is 422 g/mol. The largest absolute Gasteiger partial charge is 0.497 e. The number of amides is 1. The number of esters is 1. The molecule has 1 aliphatic heterocycles. The van der Waals surface area contributed by atoms with E-state index < -0.39 is 24.3 Å². The van der Waals surface area contributed by atoms with Gasteiger partial charge in [-0.05, 0) is 42.5 Å². The third-order valence-corrected chi connectivity index (χ3v) is 4.82. The molecule has 0 radical (unpaired) electrons. The van der Waals surface area contributed by atoms with Crippen LogP contribution >= 0.6 is 0 Å². The summed E-state index contributed by atoms with van der Waals surface area (Å²) in [5.74, 6) is -0.592. The molecule has 0 spiro atoms. The van der Waals surface area contributed by atoms with Crippen LogP contribution < -0.4 is 9.64 Å². The SMILES string of the molecule is COc1ccc(N2CCN(C(=O)COC(=O)c3cccc(C(F)(F)F)c3)CC2)cc1. The molecule has 3 rings (SSSR count). The smallest absolute Gasteiger partial charge is 0.416 e. The van der Waals surface area contributed by atoms with E-state index in [0.717, 1.165) is 23.6 Å². The number of benzene rings is 2. The van der Waals surface area contributed by atoms with E-state index in [0.29, 0.717) is 32.2 Å². The maximum atomic E-state index is 12.8. The summed E-state index contributed by atoms with van der Waals surface area (Å²) in [5.41, 5.74) is -0.182. The number of methoxy groups -OCH3 is 1. The number of halogens is 3. The molecule has 1 aliphatic rings. The summed E-state index contributed by atoms with van der Waals surface area (Å²) in [6.45, 7) is 1.61. The van der Waals surface area contributed by atoms with Gasteiger partial charge in [-0.3, -0.25) is 4.79 Å². The Labute approximate surface area is 171 Å². The second-order valence-corrected chi connectivity index (χ2v) is 6.72. The fourth-order valence-electron chi connectivity index (χ4n) is 3.13. The van der Waals surface area contributed by atoms with Gasteiger partial charge in [-0.25, -0.2) is 4.79 Å². The minimum absolute atomic E-state index is 0.248. The molecule has 1 saturated heterocycles. The van der Waals surface area contributed by atoms with E-state index in [1.165, 1.54) is 6.07 Å². The Balaban J connectivity index is 1.49. The highest BCUT2D eigenvalue weighted by Crippen LogP contribution is 2.29. The van der Waals surface area contributed by atoms with Crippen LogP contribution in [0.4, 0.5) is 18.9 Å². The molecule has 0 aliphatic carbocycles. The van der Waals surface area contributed by atoms with Gasteiger partial charge in [0.25, 0.3) is 5.91 Å². The molecule has 2 aromatic rings. The molecule has 0 bridgehead atoms. The number of carbonyl (C=O) groups excluding carboxylic acids is 2. The number of carbonyl (C=O) groups is 2. The van der Waals surface area contributed by atoms with Crippen molar-refractivity contribution in [1.82, 2.24) is 4.90 Å². The number of anilines is 1. The van der Waals surface area contributed by atoms with Gasteiger partial charge in [-0.1, -0.05) is 6.07 Å². The van der Waals surface area contributed by atoms with Gasteiger partial charge < -0.3 is 19.3 Å². The Morgan fingerprint density at radius 1 is 1.00 bits per heavy atom. The first-order chi connectivity index (χ1) is 14.3. The van der Waals surface area contributed by atoms with Crippen molar-refractivity contribution in [1.29, 1.82) is 0 Å². The van der Waals surface area contributed by atoms with E-state index in [1.807, 2.05) is 24.3 Å². The highest BCUT2D eigenvalue weighted by molar-refractivity contribution is 5.91. The Morgan fingerprint density at radius 3 is 2.27 bits per heavy atom. The minimum atomic E-state index is -4.56. The highest BCUT2D eigenvalue weighted by Gasteiger charge is 2.31. The van der Waals surface area contributed by atoms with Crippen molar-refractivity contribution in [2.45, 2.75) is 6.18 Å². The van der Waals surface area contributed by atoms with E-state index >= 15 is 0 Å². The molecule has 1 heterocycles. The fraction of sp³-hybridized carbons (Fsp3) is 0.333. The molecule has 0 aromatic heterocycles. The number of rotatable bonds is 5. The Bertz CT molecular complexity index is 892. The predicted molar refractivity (Wildman–Crippen MR) is 104 cm³/mol. The molecule has 6 nitrogen and oxygen atoms in total. The summed E-state index contributed by atoms with van der Waals surface area (Å²) in [7, 11) is 1.60. The number of hydrogen-bond donors (Lipinski definition) is 0. The van der Waals surface area contributed by atoms with E-state index in [2.05, 4.69) is 4.90 Å². The average Bonchev–Trinajstić information content (AvgIpc) is 2.77. The van der Waals surface area contributed by atoms with Crippen molar-refractivity contribution in [2.24, 2.45) is 0 Å². The summed E-state index contributed by atoms with van der Waals surface area (Å²) in [6, 6.07) is 11.5. The number of nitrogens with zero attached hydrogens (tertiary/aromatic N) is 2. The first kappa shape index (κ1) is 21.5. The quantitative estimate of drug-likeness (QED) is 0.693. The second-order valence-electron chi connectivity index (χ2n) is 6.72. The van der Waals surface area contributed by atoms with Gasteiger partial charge in [0.05, 0.1) is 18.2 Å². The number of hydrogen-bond acceptors (Lipinski definition) is 5. The predicted octanol–water partition coefficient (Wildman–Crippen LogP) is 3.22. The van der Waals surface area contributed by atoms with Crippen LogP contribution in [-0.4, -0.2) is 56.7 Å². The van der Waals surface area contributed by atoms with Crippen molar-refractivity contribution < 1.29 is 32.2 Å². The first-order valence-corrected chi connectivity index (χ1v) is 9.29. The maximum Gasteiger partial charge on any atom is 0.416 e. The Hall–Kier alpha value is -3.23. The normalized spacial score (nSPS) is 14.4. The highest BCUT2D eigenvalue weighted by atomic mass is 19.4. The zero-order valence-electron chi connectivity index (χ0n) is 16.3. The van der Waals surface area contributed by atoms with Crippen molar-refractivity contribution in [2.75, 3.05) is 44.8 Å². The topological polar surface area (TPSA) is 59.1 Å². The van der Waals surface area contributed by atoms with Crippen molar-refractivity contribution in [3.8, 4) is 5.75 Å². The van der Waals surface area contributed by atoms with Crippen LogP contribution in [0.15, 0.2) is 48.5 Å². The van der Waals surface area contributed by atoms with Crippen LogP contribution in [0.3, 0.4) is 0 Å². The summed E-state index contributed by atoms with van der Waals surface area (Å²) in [5, 5.41) is 0. The van der Waals surface area contributed by atoms with Crippen molar-refractivity contribution >= 4 is 17.6 Å².